The second-order valence-electron chi connectivity index (χ2n) is 5.42. The largest absolute Gasteiger partial charge is 0.325 e. The summed E-state index contributed by atoms with van der Waals surface area (Å²) in [5.74, 6) is -0.820. The van der Waals surface area contributed by atoms with Crippen LogP contribution in [0.2, 0.25) is 0 Å². The van der Waals surface area contributed by atoms with Gasteiger partial charge in [-0.25, -0.2) is 12.8 Å². The lowest BCUT2D eigenvalue weighted by Crippen LogP contribution is -2.15. The molecule has 3 rings (SSSR count). The van der Waals surface area contributed by atoms with E-state index in [1.807, 2.05) is 6.92 Å². The van der Waals surface area contributed by atoms with Gasteiger partial charge in [-0.15, -0.1) is 11.8 Å². The zero-order valence-corrected chi connectivity index (χ0v) is 14.4. The molecule has 24 heavy (non-hydrogen) atoms. The predicted octanol–water partition coefficient (Wildman–Crippen LogP) is 3.45. The van der Waals surface area contributed by atoms with E-state index in [4.69, 9.17) is 0 Å². The molecule has 0 aromatic heterocycles. The third-order valence-electron chi connectivity index (χ3n) is 3.45. The second kappa shape index (κ2) is 6.45. The van der Waals surface area contributed by atoms with Crippen molar-refractivity contribution in [2.45, 2.75) is 28.4 Å². The maximum absolute atomic E-state index is 13.7. The van der Waals surface area contributed by atoms with Crippen LogP contribution >= 0.6 is 11.8 Å². The van der Waals surface area contributed by atoms with Crippen molar-refractivity contribution in [1.29, 1.82) is 0 Å². The van der Waals surface area contributed by atoms with Gasteiger partial charge in [-0.2, -0.15) is 0 Å². The van der Waals surface area contributed by atoms with Gasteiger partial charge in [0.2, 0.25) is 5.91 Å². The summed E-state index contributed by atoms with van der Waals surface area (Å²) >= 11 is 1.50. The summed E-state index contributed by atoms with van der Waals surface area (Å²) in [7, 11) is -3.96. The lowest BCUT2D eigenvalue weighted by atomic mass is 10.3. The third kappa shape index (κ3) is 3.54. The fourth-order valence-electron chi connectivity index (χ4n) is 2.35. The number of rotatable bonds is 3. The summed E-state index contributed by atoms with van der Waals surface area (Å²) in [5, 5.41) is 2.82. The zero-order valence-electron chi connectivity index (χ0n) is 12.7. The molecular formula is C16H15FN2O3S2. The molecule has 0 fully saturated rings. The van der Waals surface area contributed by atoms with Crippen LogP contribution in [0, 0.1) is 5.82 Å². The number of sulfonamides is 1. The highest BCUT2D eigenvalue weighted by molar-refractivity contribution is 8.00. The van der Waals surface area contributed by atoms with Gasteiger partial charge in [0.25, 0.3) is 10.0 Å². The highest BCUT2D eigenvalue weighted by Crippen LogP contribution is 2.36. The van der Waals surface area contributed by atoms with Gasteiger partial charge in [-0.1, -0.05) is 19.1 Å². The quantitative estimate of drug-likeness (QED) is 0.872. The SMILES string of the molecule is CC1CC(=O)Nc2cc(S(=O)(=O)Nc3ccccc3F)ccc2S1. The molecule has 2 aromatic carbocycles. The predicted molar refractivity (Wildman–Crippen MR) is 92.2 cm³/mol. The topological polar surface area (TPSA) is 75.3 Å². The van der Waals surface area contributed by atoms with E-state index in [0.717, 1.165) is 4.90 Å². The Kier molecular flexibility index (Phi) is 4.51. The van der Waals surface area contributed by atoms with Crippen molar-refractivity contribution >= 4 is 39.1 Å². The molecule has 1 heterocycles. The Balaban J connectivity index is 1.95. The van der Waals surface area contributed by atoms with Crippen LogP contribution in [0.3, 0.4) is 0 Å². The number of hydrogen-bond donors (Lipinski definition) is 2. The highest BCUT2D eigenvalue weighted by atomic mass is 32.2. The minimum Gasteiger partial charge on any atom is -0.325 e. The molecule has 2 aromatic rings. The first-order chi connectivity index (χ1) is 11.3. The number of anilines is 2. The molecule has 8 heteroatoms. The van der Waals surface area contributed by atoms with Crippen LogP contribution in [0.4, 0.5) is 15.8 Å². The van der Waals surface area contributed by atoms with E-state index in [1.54, 1.807) is 6.07 Å². The standard InChI is InChI=1S/C16H15FN2O3S2/c1-10-8-16(20)18-14-9-11(6-7-15(14)23-10)24(21,22)19-13-5-3-2-4-12(13)17/h2-7,9-10,19H,8H2,1H3,(H,18,20). The van der Waals surface area contributed by atoms with Crippen molar-refractivity contribution in [3.63, 3.8) is 0 Å². The van der Waals surface area contributed by atoms with Gasteiger partial charge < -0.3 is 5.32 Å². The van der Waals surface area contributed by atoms with Crippen molar-refractivity contribution in [1.82, 2.24) is 0 Å². The van der Waals surface area contributed by atoms with Crippen molar-refractivity contribution in [2.24, 2.45) is 0 Å². The highest BCUT2D eigenvalue weighted by Gasteiger charge is 2.22. The number of carbonyl (C=O) groups is 1. The van der Waals surface area contributed by atoms with E-state index in [2.05, 4.69) is 10.0 Å². The molecule has 5 nitrogen and oxygen atoms in total. The number of carbonyl (C=O) groups excluding carboxylic acids is 1. The molecule has 1 aliphatic heterocycles. The van der Waals surface area contributed by atoms with Crippen molar-refractivity contribution in [2.75, 3.05) is 10.0 Å². The molecule has 1 atom stereocenters. The van der Waals surface area contributed by atoms with E-state index in [1.165, 1.54) is 48.2 Å². The fourth-order valence-corrected chi connectivity index (χ4v) is 4.49. The van der Waals surface area contributed by atoms with E-state index < -0.39 is 15.8 Å². The van der Waals surface area contributed by atoms with E-state index in [0.29, 0.717) is 12.1 Å². The lowest BCUT2D eigenvalue weighted by Gasteiger charge is -2.12. The summed E-state index contributed by atoms with van der Waals surface area (Å²) in [6, 6.07) is 10.0. The number of hydrogen-bond acceptors (Lipinski definition) is 4. The summed E-state index contributed by atoms with van der Waals surface area (Å²) in [5.41, 5.74) is 0.324. The van der Waals surface area contributed by atoms with Crippen LogP contribution in [-0.4, -0.2) is 19.6 Å². The number of thioether (sulfide) groups is 1. The molecule has 0 saturated carbocycles. The van der Waals surface area contributed by atoms with E-state index in [-0.39, 0.29) is 21.7 Å². The van der Waals surface area contributed by atoms with Gasteiger partial charge in [0.1, 0.15) is 5.82 Å². The van der Waals surface area contributed by atoms with Gasteiger partial charge in [-0.05, 0) is 30.3 Å². The van der Waals surface area contributed by atoms with Gasteiger partial charge in [0.05, 0.1) is 16.3 Å². The molecule has 2 N–H and O–H groups in total. The van der Waals surface area contributed by atoms with Gasteiger partial charge in [0.15, 0.2) is 0 Å². The van der Waals surface area contributed by atoms with Crippen LogP contribution in [-0.2, 0) is 14.8 Å². The van der Waals surface area contributed by atoms with Gasteiger partial charge in [-0.3, -0.25) is 9.52 Å². The van der Waals surface area contributed by atoms with Crippen LogP contribution in [0.1, 0.15) is 13.3 Å². The Bertz CT molecular complexity index is 900. The molecule has 1 amide bonds. The first-order valence-electron chi connectivity index (χ1n) is 7.23. The minimum atomic E-state index is -3.96. The van der Waals surface area contributed by atoms with Gasteiger partial charge >= 0.3 is 0 Å². The average molecular weight is 366 g/mol. The number of benzene rings is 2. The summed E-state index contributed by atoms with van der Waals surface area (Å²) in [6.45, 7) is 1.93. The monoisotopic (exact) mass is 366 g/mol. The summed E-state index contributed by atoms with van der Waals surface area (Å²) in [6.07, 6.45) is 0.356. The van der Waals surface area contributed by atoms with Crippen LogP contribution < -0.4 is 10.0 Å². The molecule has 1 aliphatic rings. The molecule has 126 valence electrons. The number of fused-ring (bicyclic) bond motifs is 1. The molecule has 0 saturated heterocycles. The van der Waals surface area contributed by atoms with E-state index in [9.17, 15) is 17.6 Å². The average Bonchev–Trinajstić information content (AvgIpc) is 2.65. The van der Waals surface area contributed by atoms with Crippen LogP contribution in [0.5, 0.6) is 0 Å². The molecule has 1 unspecified atom stereocenters. The normalized spacial score (nSPS) is 17.6. The Morgan fingerprint density at radius 1 is 1.25 bits per heavy atom. The summed E-state index contributed by atoms with van der Waals surface area (Å²) < 4.78 is 40.8. The van der Waals surface area contributed by atoms with Crippen LogP contribution in [0.25, 0.3) is 0 Å². The Labute approximate surface area is 143 Å². The molecular weight excluding hydrogens is 351 g/mol. The van der Waals surface area contributed by atoms with E-state index >= 15 is 0 Å². The number of amides is 1. The third-order valence-corrected chi connectivity index (χ3v) is 6.00. The second-order valence-corrected chi connectivity index (χ2v) is 8.59. The fraction of sp³-hybridized carbons (Fsp3) is 0.188. The zero-order chi connectivity index (χ0) is 17.3. The van der Waals surface area contributed by atoms with Crippen molar-refractivity contribution in [3.05, 3.63) is 48.3 Å². The first kappa shape index (κ1) is 16.8. The van der Waals surface area contributed by atoms with Crippen molar-refractivity contribution < 1.29 is 17.6 Å². The smallest absolute Gasteiger partial charge is 0.262 e. The summed E-state index contributed by atoms with van der Waals surface area (Å²) in [4.78, 5) is 12.6. The maximum Gasteiger partial charge on any atom is 0.262 e. The Hall–Kier alpha value is -2.06. The minimum absolute atomic E-state index is 0.0417. The van der Waals surface area contributed by atoms with Gasteiger partial charge in [0, 0.05) is 16.6 Å². The van der Waals surface area contributed by atoms with Crippen molar-refractivity contribution in [3.8, 4) is 0 Å². The Morgan fingerprint density at radius 2 is 2.00 bits per heavy atom. The lowest BCUT2D eigenvalue weighted by molar-refractivity contribution is -0.116. The van der Waals surface area contributed by atoms with Crippen LogP contribution in [0.15, 0.2) is 52.3 Å². The molecule has 0 bridgehead atoms. The molecule has 0 aliphatic carbocycles. The Morgan fingerprint density at radius 3 is 2.75 bits per heavy atom. The molecule has 0 radical (unpaired) electrons. The number of nitrogens with one attached hydrogen (secondary N) is 2. The molecule has 0 spiro atoms. The number of halogens is 1. The first-order valence-corrected chi connectivity index (χ1v) is 9.59. The maximum atomic E-state index is 13.7. The number of para-hydroxylation sites is 1.